The Kier molecular flexibility index (Phi) is 1.59. The van der Waals surface area contributed by atoms with Crippen LogP contribution >= 0.6 is 0 Å². The Labute approximate surface area is 131 Å². The summed E-state index contributed by atoms with van der Waals surface area (Å²) in [5, 5.41) is -0.420. The number of rotatable bonds is 1. The third-order valence-corrected chi connectivity index (χ3v) is 3.17. The van der Waals surface area contributed by atoms with Gasteiger partial charge in [-0.2, -0.15) is 0 Å². The first-order valence-corrected chi connectivity index (χ1v) is 6.00. The quantitative estimate of drug-likeness (QED) is 0.628. The molecule has 0 saturated heterocycles. The van der Waals surface area contributed by atoms with Gasteiger partial charge >= 0.3 is 0 Å². The molecule has 1 aromatic heterocycles. The number of nitrogens with zero attached hydrogens (tertiary/aromatic N) is 2. The fourth-order valence-electron chi connectivity index (χ4n) is 2.21. The maximum atomic E-state index is 13.2. The van der Waals surface area contributed by atoms with E-state index in [-0.39, 0.29) is 5.52 Å². The zero-order chi connectivity index (χ0) is 22.0. The Morgan fingerprint density at radius 3 is 3.10 bits per heavy atom. The van der Waals surface area contributed by atoms with Gasteiger partial charge in [0.1, 0.15) is 11.6 Å². The molecule has 6 heteroatoms. The van der Waals surface area contributed by atoms with E-state index in [1.54, 1.807) is 0 Å². The maximum Gasteiger partial charge on any atom is 0.264 e. The highest BCUT2D eigenvalue weighted by molar-refractivity contribution is 6.03. The van der Waals surface area contributed by atoms with E-state index in [0.717, 1.165) is 6.07 Å². The zero-order valence-corrected chi connectivity index (χ0v) is 10.6. The molecule has 0 radical (unpaired) electrons. The van der Waals surface area contributed by atoms with Gasteiger partial charge in [-0.1, -0.05) is 6.04 Å². The van der Waals surface area contributed by atoms with Crippen molar-refractivity contribution in [1.29, 1.82) is 0 Å². The van der Waals surface area contributed by atoms with Crippen molar-refractivity contribution in [3.05, 3.63) is 34.3 Å². The Hall–Kier alpha value is -2.50. The number of carbonyl (C=O) groups is 2. The fourth-order valence-corrected chi connectivity index (χ4v) is 2.21. The molecule has 2 atom stereocenters. The van der Waals surface area contributed by atoms with Crippen molar-refractivity contribution in [1.82, 2.24) is 9.55 Å². The van der Waals surface area contributed by atoms with Crippen molar-refractivity contribution in [3.63, 3.8) is 0 Å². The molecule has 2 unspecified atom stereocenters. The second-order valence-electron chi connectivity index (χ2n) is 4.52. The minimum absolute atomic E-state index is 0.278. The highest BCUT2D eigenvalue weighted by Crippen LogP contribution is 2.24. The van der Waals surface area contributed by atoms with Crippen LogP contribution in [0.1, 0.15) is 42.0 Å². The van der Waals surface area contributed by atoms with E-state index in [0.29, 0.717) is 4.57 Å². The predicted molar refractivity (Wildman–Crippen MR) is 78.1 cm³/mol. The number of fused-ring (bicyclic) bond motifs is 1. The standard InChI is InChI=1S/C15H15N3O3/c1-8-17-11-4-2-3-10(16)14(11)15(21)18(8)12-6-5-9(19)7-13(12)20/h2-4,12H,5-7,16H2,1H3/i1D3,2D,3D,5D2,6D. The third kappa shape index (κ3) is 2.12. The summed E-state index contributed by atoms with van der Waals surface area (Å²) >= 11 is 0. The molecule has 0 spiro atoms. The molecule has 21 heavy (non-hydrogen) atoms. The number of aryl methyl sites for hydroxylation is 1. The normalized spacial score (nSPS) is 31.2. The molecule has 1 heterocycles. The number of carbonyl (C=O) groups excluding carboxylic acids is 2. The summed E-state index contributed by atoms with van der Waals surface area (Å²) in [5.41, 5.74) is 3.86. The van der Waals surface area contributed by atoms with Crippen molar-refractivity contribution in [2.45, 2.75) is 32.1 Å². The van der Waals surface area contributed by atoms with Crippen LogP contribution < -0.4 is 11.3 Å². The molecule has 1 fully saturated rings. The number of nitrogen functional groups attached to an aromatic ring is 1. The van der Waals surface area contributed by atoms with Crippen LogP contribution in [0, 0.1) is 6.85 Å². The van der Waals surface area contributed by atoms with E-state index in [2.05, 4.69) is 4.98 Å². The third-order valence-electron chi connectivity index (χ3n) is 3.17. The van der Waals surface area contributed by atoms with Crippen molar-refractivity contribution >= 4 is 28.2 Å². The average Bonchev–Trinajstić information content (AvgIpc) is 2.59. The number of anilines is 1. The number of hydrogen-bond donors (Lipinski definition) is 1. The second kappa shape index (κ2) is 4.80. The molecule has 1 aromatic carbocycles. The number of nitrogens with two attached hydrogens (primary N) is 1. The van der Waals surface area contributed by atoms with Gasteiger partial charge in [0.05, 0.1) is 26.1 Å². The summed E-state index contributed by atoms with van der Waals surface area (Å²) in [6, 6.07) is -1.84. The molecule has 6 nitrogen and oxygen atoms in total. The molecule has 1 aliphatic rings. The molecule has 2 aromatic rings. The van der Waals surface area contributed by atoms with Crippen LogP contribution in [0.25, 0.3) is 10.9 Å². The van der Waals surface area contributed by atoms with Crippen LogP contribution in [0.4, 0.5) is 5.69 Å². The van der Waals surface area contributed by atoms with Gasteiger partial charge in [0.15, 0.2) is 5.78 Å². The highest BCUT2D eigenvalue weighted by atomic mass is 16.2. The summed E-state index contributed by atoms with van der Waals surface area (Å²) in [6.45, 7) is -3.04. The molecule has 0 amide bonds. The van der Waals surface area contributed by atoms with Gasteiger partial charge in [0, 0.05) is 20.3 Å². The van der Waals surface area contributed by atoms with Crippen molar-refractivity contribution in [2.24, 2.45) is 0 Å². The zero-order valence-electron chi connectivity index (χ0n) is 18.6. The fraction of sp³-hybridized carbons (Fsp3) is 0.333. The van der Waals surface area contributed by atoms with Crippen molar-refractivity contribution < 1.29 is 20.6 Å². The summed E-state index contributed by atoms with van der Waals surface area (Å²) in [6.07, 6.45) is -5.81. The van der Waals surface area contributed by atoms with Crippen LogP contribution in [-0.2, 0) is 9.59 Å². The Morgan fingerprint density at radius 1 is 1.52 bits per heavy atom. The highest BCUT2D eigenvalue weighted by Gasteiger charge is 2.30. The first-order valence-electron chi connectivity index (χ1n) is 10.1. The molecule has 0 aliphatic heterocycles. The van der Waals surface area contributed by atoms with Gasteiger partial charge in [-0.3, -0.25) is 19.0 Å². The predicted octanol–water partition coefficient (Wildman–Crippen LogP) is 1.15. The van der Waals surface area contributed by atoms with E-state index in [1.807, 2.05) is 0 Å². The minimum Gasteiger partial charge on any atom is -0.398 e. The van der Waals surface area contributed by atoms with E-state index in [9.17, 15) is 14.4 Å². The largest absolute Gasteiger partial charge is 0.398 e. The lowest BCUT2D eigenvalue weighted by Crippen LogP contribution is -2.36. The lowest BCUT2D eigenvalue weighted by molar-refractivity contribution is -0.132. The van der Waals surface area contributed by atoms with Crippen LogP contribution in [0.5, 0.6) is 0 Å². The Morgan fingerprint density at radius 2 is 2.33 bits per heavy atom. The molecule has 3 rings (SSSR count). The van der Waals surface area contributed by atoms with Crippen LogP contribution in [-0.4, -0.2) is 21.1 Å². The summed E-state index contributed by atoms with van der Waals surface area (Å²) in [7, 11) is 0. The number of Topliss-reactive ketones (excluding diaryl/α,β-unsaturated/α-hetero) is 2. The monoisotopic (exact) mass is 293 g/mol. The van der Waals surface area contributed by atoms with Gasteiger partial charge < -0.3 is 5.73 Å². The van der Waals surface area contributed by atoms with Gasteiger partial charge in [0.25, 0.3) is 5.56 Å². The van der Waals surface area contributed by atoms with Crippen LogP contribution in [0.3, 0.4) is 0 Å². The first-order chi connectivity index (χ1) is 13.2. The molecular formula is C15H15N3O3. The molecule has 108 valence electrons. The lowest BCUT2D eigenvalue weighted by atomic mass is 9.92. The second-order valence-corrected chi connectivity index (χ2v) is 4.52. The van der Waals surface area contributed by atoms with Crippen molar-refractivity contribution in [3.8, 4) is 0 Å². The van der Waals surface area contributed by atoms with Gasteiger partial charge in [-0.05, 0) is 25.4 Å². The summed E-state index contributed by atoms with van der Waals surface area (Å²) < 4.78 is 62.6. The number of hydrogen-bond acceptors (Lipinski definition) is 5. The van der Waals surface area contributed by atoms with E-state index in [1.165, 1.54) is 0 Å². The van der Waals surface area contributed by atoms with Crippen LogP contribution in [0.15, 0.2) is 22.9 Å². The molecule has 1 aliphatic carbocycles. The molecule has 0 bridgehead atoms. The smallest absolute Gasteiger partial charge is 0.264 e. The number of benzene rings is 1. The lowest BCUT2D eigenvalue weighted by Gasteiger charge is -2.24. The topological polar surface area (TPSA) is 95.0 Å². The number of ketones is 2. The molecule has 1 saturated carbocycles. The van der Waals surface area contributed by atoms with Gasteiger partial charge in [-0.15, -0.1) is 0 Å². The van der Waals surface area contributed by atoms with Crippen molar-refractivity contribution in [2.75, 3.05) is 5.73 Å². The SMILES string of the molecule is [2H]c1cc2nc(C([2H])([2H])[2H])n(C3C(=O)CC(=O)C([2H])([2H])C3[2H])c(=O)c2c(N)c1[2H]. The van der Waals surface area contributed by atoms with E-state index in [4.69, 9.17) is 16.7 Å². The first kappa shape index (κ1) is 6.98. The summed E-state index contributed by atoms with van der Waals surface area (Å²) in [4.78, 5) is 41.4. The number of aromatic nitrogens is 2. The minimum atomic E-state index is -3.04. The van der Waals surface area contributed by atoms with E-state index >= 15 is 0 Å². The molecule has 2 N–H and O–H groups in total. The maximum absolute atomic E-state index is 13.2. The average molecular weight is 293 g/mol. The van der Waals surface area contributed by atoms with E-state index < -0.39 is 78.2 Å². The molecular weight excluding hydrogens is 270 g/mol. The van der Waals surface area contributed by atoms with Gasteiger partial charge in [-0.25, -0.2) is 4.98 Å². The van der Waals surface area contributed by atoms with Gasteiger partial charge in [0.2, 0.25) is 0 Å². The van der Waals surface area contributed by atoms with Crippen LogP contribution in [0.2, 0.25) is 0 Å². The Balaban J connectivity index is 2.46. The summed E-state index contributed by atoms with van der Waals surface area (Å²) in [5.74, 6) is -3.03. The Bertz CT molecular complexity index is 1120.